The average Bonchev–Trinajstić information content (AvgIpc) is 2.73. The first-order chi connectivity index (χ1) is 7.63. The van der Waals surface area contributed by atoms with Crippen molar-refractivity contribution in [3.8, 4) is 0 Å². The molecule has 0 amide bonds. The molecule has 0 saturated carbocycles. The van der Waals surface area contributed by atoms with Crippen molar-refractivity contribution in [2.45, 2.75) is 18.6 Å². The van der Waals surface area contributed by atoms with Crippen molar-refractivity contribution in [3.05, 3.63) is 33.8 Å². The highest BCUT2D eigenvalue weighted by molar-refractivity contribution is 9.10. The molecular weight excluding hydrogens is 286 g/mol. The molecule has 3 rings (SSSR count). The molecule has 1 spiro atoms. The van der Waals surface area contributed by atoms with E-state index < -0.39 is 0 Å². The van der Waals surface area contributed by atoms with Crippen molar-refractivity contribution in [1.29, 1.82) is 0 Å². The summed E-state index contributed by atoms with van der Waals surface area (Å²) in [6, 6.07) is 6.24. The Morgan fingerprint density at radius 3 is 3.00 bits per heavy atom. The Bertz CT molecular complexity index is 476. The van der Waals surface area contributed by atoms with Crippen LogP contribution in [-0.4, -0.2) is 23.5 Å². The van der Waals surface area contributed by atoms with Crippen molar-refractivity contribution in [1.82, 2.24) is 4.90 Å². The Labute approximate surface area is 109 Å². The molecule has 1 fully saturated rings. The molecule has 1 aromatic carbocycles. The minimum Gasteiger partial charge on any atom is -0.457 e. The zero-order valence-corrected chi connectivity index (χ0v) is 11.4. The van der Waals surface area contributed by atoms with Crippen LogP contribution in [0.5, 0.6) is 0 Å². The van der Waals surface area contributed by atoms with E-state index in [2.05, 4.69) is 46.1 Å². The summed E-state index contributed by atoms with van der Waals surface area (Å²) in [4.78, 5) is 2.26. The number of fused-ring (bicyclic) bond motifs is 2. The van der Waals surface area contributed by atoms with Crippen molar-refractivity contribution < 1.29 is 4.74 Å². The van der Waals surface area contributed by atoms with Gasteiger partial charge < -0.3 is 4.74 Å². The maximum atomic E-state index is 5.98. The largest absolute Gasteiger partial charge is 0.457 e. The molecule has 2 nitrogen and oxygen atoms in total. The minimum atomic E-state index is -0.285. The summed E-state index contributed by atoms with van der Waals surface area (Å²) < 4.78 is 7.03. The molecule has 84 valence electrons. The predicted molar refractivity (Wildman–Crippen MR) is 70.5 cm³/mol. The SMILES string of the molecule is CN1CCCC12OC(=S)c1cc(Br)ccc12. The molecule has 0 radical (unpaired) electrons. The smallest absolute Gasteiger partial charge is 0.194 e. The molecule has 0 bridgehead atoms. The lowest BCUT2D eigenvalue weighted by atomic mass is 9.98. The third-order valence-corrected chi connectivity index (χ3v) is 4.31. The van der Waals surface area contributed by atoms with Crippen LogP contribution in [0, 0.1) is 0 Å². The second kappa shape index (κ2) is 3.52. The van der Waals surface area contributed by atoms with Gasteiger partial charge in [-0.1, -0.05) is 22.0 Å². The Morgan fingerprint density at radius 2 is 2.31 bits per heavy atom. The molecule has 2 aliphatic rings. The van der Waals surface area contributed by atoms with E-state index in [9.17, 15) is 0 Å². The monoisotopic (exact) mass is 297 g/mol. The van der Waals surface area contributed by atoms with E-state index in [0.29, 0.717) is 5.05 Å². The molecule has 0 aromatic heterocycles. The van der Waals surface area contributed by atoms with Gasteiger partial charge in [-0.15, -0.1) is 0 Å². The van der Waals surface area contributed by atoms with Crippen LogP contribution in [0.3, 0.4) is 0 Å². The van der Waals surface area contributed by atoms with E-state index in [-0.39, 0.29) is 5.72 Å². The van der Waals surface area contributed by atoms with Crippen LogP contribution in [0.2, 0.25) is 0 Å². The number of thiocarbonyl (C=S) groups is 1. The number of hydrogen-bond acceptors (Lipinski definition) is 3. The van der Waals surface area contributed by atoms with Gasteiger partial charge in [-0.25, -0.2) is 0 Å². The Morgan fingerprint density at radius 1 is 1.50 bits per heavy atom. The molecule has 4 heteroatoms. The third kappa shape index (κ3) is 1.30. The predicted octanol–water partition coefficient (Wildman–Crippen LogP) is 3.03. The van der Waals surface area contributed by atoms with Gasteiger partial charge in [0.15, 0.2) is 10.8 Å². The number of rotatable bonds is 0. The lowest BCUT2D eigenvalue weighted by Gasteiger charge is -2.31. The maximum absolute atomic E-state index is 5.98. The molecule has 0 N–H and O–H groups in total. The van der Waals surface area contributed by atoms with E-state index in [0.717, 1.165) is 29.4 Å². The molecule has 1 atom stereocenters. The molecule has 2 heterocycles. The summed E-state index contributed by atoms with van der Waals surface area (Å²) >= 11 is 8.80. The molecule has 0 aliphatic carbocycles. The topological polar surface area (TPSA) is 12.5 Å². The van der Waals surface area contributed by atoms with Gasteiger partial charge in [-0.3, -0.25) is 4.90 Å². The van der Waals surface area contributed by atoms with Crippen molar-refractivity contribution in [3.63, 3.8) is 0 Å². The standard InChI is InChI=1S/C12H12BrNOS/c1-14-6-2-5-12(14)10-4-3-8(13)7-9(10)11(16)15-12/h3-4,7H,2,5-6H2,1H3. The Kier molecular flexibility index (Phi) is 2.35. The first-order valence-electron chi connectivity index (χ1n) is 5.38. The zero-order chi connectivity index (χ0) is 11.3. The quantitative estimate of drug-likeness (QED) is 0.683. The molecule has 1 saturated heterocycles. The van der Waals surface area contributed by atoms with Gasteiger partial charge in [0.2, 0.25) is 0 Å². The van der Waals surface area contributed by atoms with Gasteiger partial charge in [0.1, 0.15) is 0 Å². The number of hydrogen-bond donors (Lipinski definition) is 0. The minimum absolute atomic E-state index is 0.285. The van der Waals surface area contributed by atoms with Crippen molar-refractivity contribution in [2.24, 2.45) is 0 Å². The summed E-state index contributed by atoms with van der Waals surface area (Å²) in [7, 11) is 2.10. The zero-order valence-electron chi connectivity index (χ0n) is 9.00. The number of halogens is 1. The van der Waals surface area contributed by atoms with E-state index in [1.165, 1.54) is 5.56 Å². The Balaban J connectivity index is 2.19. The van der Waals surface area contributed by atoms with Crippen molar-refractivity contribution in [2.75, 3.05) is 13.6 Å². The molecular formula is C12H12BrNOS. The van der Waals surface area contributed by atoms with Crippen LogP contribution < -0.4 is 0 Å². The summed E-state index contributed by atoms with van der Waals surface area (Å²) in [6.45, 7) is 1.07. The normalized spacial score (nSPS) is 28.5. The summed E-state index contributed by atoms with van der Waals surface area (Å²) in [5.74, 6) is 0. The van der Waals surface area contributed by atoms with E-state index in [4.69, 9.17) is 17.0 Å². The summed E-state index contributed by atoms with van der Waals surface area (Å²) in [5.41, 5.74) is 2.01. The fourth-order valence-corrected chi connectivity index (χ4v) is 3.35. The van der Waals surface area contributed by atoms with Crippen LogP contribution in [0.1, 0.15) is 24.0 Å². The number of ether oxygens (including phenoxy) is 1. The lowest BCUT2D eigenvalue weighted by Crippen LogP contribution is -2.38. The van der Waals surface area contributed by atoms with Gasteiger partial charge in [0.25, 0.3) is 0 Å². The average molecular weight is 298 g/mol. The van der Waals surface area contributed by atoms with Gasteiger partial charge in [0.05, 0.1) is 0 Å². The molecule has 16 heavy (non-hydrogen) atoms. The van der Waals surface area contributed by atoms with E-state index >= 15 is 0 Å². The van der Waals surface area contributed by atoms with Crippen LogP contribution in [0.4, 0.5) is 0 Å². The van der Waals surface area contributed by atoms with Crippen LogP contribution in [-0.2, 0) is 10.5 Å². The second-order valence-electron chi connectivity index (χ2n) is 4.39. The first kappa shape index (κ1) is 10.7. The number of likely N-dealkylation sites (tertiary alicyclic amines) is 1. The highest BCUT2D eigenvalue weighted by atomic mass is 79.9. The Hall–Kier alpha value is -0.450. The van der Waals surface area contributed by atoms with Gasteiger partial charge in [-0.05, 0) is 37.8 Å². The van der Waals surface area contributed by atoms with Crippen LogP contribution in [0.15, 0.2) is 22.7 Å². The fraction of sp³-hybridized carbons (Fsp3) is 0.417. The molecule has 1 aromatic rings. The summed E-state index contributed by atoms with van der Waals surface area (Å²) in [6.07, 6.45) is 2.19. The second-order valence-corrected chi connectivity index (χ2v) is 5.68. The highest BCUT2D eigenvalue weighted by Crippen LogP contribution is 2.46. The lowest BCUT2D eigenvalue weighted by molar-refractivity contribution is -0.0457. The number of benzene rings is 1. The number of nitrogens with zero attached hydrogens (tertiary/aromatic N) is 1. The highest BCUT2D eigenvalue weighted by Gasteiger charge is 2.49. The van der Waals surface area contributed by atoms with Crippen LogP contribution in [0.25, 0.3) is 0 Å². The van der Waals surface area contributed by atoms with Gasteiger partial charge in [-0.2, -0.15) is 0 Å². The van der Waals surface area contributed by atoms with E-state index in [1.54, 1.807) is 0 Å². The van der Waals surface area contributed by atoms with Crippen LogP contribution >= 0.6 is 28.1 Å². The first-order valence-corrected chi connectivity index (χ1v) is 6.58. The fourth-order valence-electron chi connectivity index (χ4n) is 2.69. The maximum Gasteiger partial charge on any atom is 0.194 e. The van der Waals surface area contributed by atoms with Gasteiger partial charge in [0, 0.05) is 28.6 Å². The van der Waals surface area contributed by atoms with Gasteiger partial charge >= 0.3 is 0 Å². The summed E-state index contributed by atoms with van der Waals surface area (Å²) in [5, 5.41) is 0.630. The third-order valence-electron chi connectivity index (χ3n) is 3.51. The van der Waals surface area contributed by atoms with E-state index in [1.807, 2.05) is 0 Å². The van der Waals surface area contributed by atoms with Crippen molar-refractivity contribution >= 4 is 33.2 Å². The molecule has 2 aliphatic heterocycles. The molecule has 1 unspecified atom stereocenters.